The molecule has 0 aromatic carbocycles. The number of hydrogen-bond donors (Lipinski definition) is 1. The average Bonchev–Trinajstić information content (AvgIpc) is 2.78. The molecule has 21 heavy (non-hydrogen) atoms. The van der Waals surface area contributed by atoms with Gasteiger partial charge in [-0.15, -0.1) is 11.3 Å². The van der Waals surface area contributed by atoms with Gasteiger partial charge >= 0.3 is 5.97 Å². The van der Waals surface area contributed by atoms with E-state index in [0.717, 1.165) is 17.8 Å². The van der Waals surface area contributed by atoms with Crippen molar-refractivity contribution in [2.24, 2.45) is 5.41 Å². The van der Waals surface area contributed by atoms with Crippen molar-refractivity contribution in [1.29, 1.82) is 0 Å². The van der Waals surface area contributed by atoms with Crippen molar-refractivity contribution in [3.8, 4) is 0 Å². The van der Waals surface area contributed by atoms with Crippen LogP contribution in [0.4, 0.5) is 0 Å². The number of carboxylic acid groups (broad SMARTS) is 1. The van der Waals surface area contributed by atoms with E-state index in [0.29, 0.717) is 46.6 Å². The average molecular weight is 350 g/mol. The molecule has 2 heterocycles. The second kappa shape index (κ2) is 6.55. The van der Waals surface area contributed by atoms with Crippen LogP contribution < -0.4 is 0 Å². The number of nitrogens with zero attached hydrogens (tertiary/aromatic N) is 1. The standard InChI is InChI=1S/C14H17Cl2NO3S/c1-2-3-14(13(19)20)4-6-17(7-5-14)12(18)9-8-10(15)21-11(9)16/h8H,2-7H2,1H3,(H,19,20). The van der Waals surface area contributed by atoms with Gasteiger partial charge in [-0.2, -0.15) is 0 Å². The number of piperidine rings is 1. The van der Waals surface area contributed by atoms with Gasteiger partial charge in [0.1, 0.15) is 4.34 Å². The lowest BCUT2D eigenvalue weighted by Gasteiger charge is -2.38. The number of aliphatic carboxylic acids is 1. The Kier molecular flexibility index (Phi) is 5.17. The number of carbonyl (C=O) groups is 2. The molecule has 1 aliphatic heterocycles. The van der Waals surface area contributed by atoms with E-state index in [9.17, 15) is 14.7 Å². The second-order valence-electron chi connectivity index (χ2n) is 5.37. The zero-order chi connectivity index (χ0) is 15.6. The second-order valence-corrected chi connectivity index (χ2v) is 7.65. The minimum Gasteiger partial charge on any atom is -0.481 e. The van der Waals surface area contributed by atoms with Crippen molar-refractivity contribution in [3.05, 3.63) is 20.3 Å². The predicted octanol–water partition coefficient (Wildman–Crippen LogP) is 4.16. The molecule has 1 aliphatic rings. The Bertz CT molecular complexity index is 550. The number of halogens is 2. The minimum absolute atomic E-state index is 0.168. The highest BCUT2D eigenvalue weighted by Gasteiger charge is 2.41. The predicted molar refractivity (Wildman–Crippen MR) is 84.5 cm³/mol. The Labute approximate surface area is 137 Å². The molecule has 7 heteroatoms. The summed E-state index contributed by atoms with van der Waals surface area (Å²) in [5.74, 6) is -0.924. The molecule has 0 saturated carbocycles. The molecule has 4 nitrogen and oxygen atoms in total. The van der Waals surface area contributed by atoms with Crippen LogP contribution in [0.1, 0.15) is 43.0 Å². The topological polar surface area (TPSA) is 57.6 Å². The van der Waals surface area contributed by atoms with Crippen LogP contribution in [0.2, 0.25) is 8.67 Å². The van der Waals surface area contributed by atoms with Gasteiger partial charge in [-0.3, -0.25) is 9.59 Å². The molecule has 1 N–H and O–H groups in total. The zero-order valence-corrected chi connectivity index (χ0v) is 14.0. The fourth-order valence-electron chi connectivity index (χ4n) is 2.84. The van der Waals surface area contributed by atoms with Gasteiger partial charge in [0.15, 0.2) is 0 Å². The molecule has 0 bridgehead atoms. The van der Waals surface area contributed by atoms with Gasteiger partial charge in [-0.05, 0) is 25.3 Å². The number of amides is 1. The SMILES string of the molecule is CCCC1(C(=O)O)CCN(C(=O)c2cc(Cl)sc2Cl)CC1. The van der Waals surface area contributed by atoms with Gasteiger partial charge in [-0.1, -0.05) is 36.5 Å². The highest BCUT2D eigenvalue weighted by molar-refractivity contribution is 7.20. The van der Waals surface area contributed by atoms with Crippen LogP contribution in [0.25, 0.3) is 0 Å². The van der Waals surface area contributed by atoms with Crippen LogP contribution in [-0.4, -0.2) is 35.0 Å². The molecule has 0 unspecified atom stereocenters. The molecule has 0 aliphatic carbocycles. The number of likely N-dealkylation sites (tertiary alicyclic amines) is 1. The maximum Gasteiger partial charge on any atom is 0.309 e. The van der Waals surface area contributed by atoms with E-state index in [-0.39, 0.29) is 5.91 Å². The number of hydrogen-bond acceptors (Lipinski definition) is 3. The molecule has 0 radical (unpaired) electrons. The van der Waals surface area contributed by atoms with E-state index in [1.165, 1.54) is 0 Å². The lowest BCUT2D eigenvalue weighted by Crippen LogP contribution is -2.46. The Hall–Kier alpha value is -0.780. The summed E-state index contributed by atoms with van der Waals surface area (Å²) in [4.78, 5) is 25.6. The Morgan fingerprint density at radius 2 is 2.00 bits per heavy atom. The maximum atomic E-state index is 12.4. The summed E-state index contributed by atoms with van der Waals surface area (Å²) in [5, 5.41) is 9.47. The van der Waals surface area contributed by atoms with Crippen LogP contribution in [0.5, 0.6) is 0 Å². The summed E-state index contributed by atoms with van der Waals surface area (Å²) >= 11 is 13.0. The summed E-state index contributed by atoms with van der Waals surface area (Å²) in [5.41, 5.74) is -0.285. The van der Waals surface area contributed by atoms with Crippen LogP contribution in [-0.2, 0) is 4.79 Å². The highest BCUT2D eigenvalue weighted by Crippen LogP contribution is 2.38. The molecule has 2 rings (SSSR count). The van der Waals surface area contributed by atoms with Gasteiger partial charge in [0.25, 0.3) is 5.91 Å². The van der Waals surface area contributed by atoms with Gasteiger partial charge in [0.05, 0.1) is 15.3 Å². The minimum atomic E-state index is -0.756. The van der Waals surface area contributed by atoms with Crippen molar-refractivity contribution >= 4 is 46.4 Å². The third-order valence-electron chi connectivity index (χ3n) is 4.08. The van der Waals surface area contributed by atoms with E-state index >= 15 is 0 Å². The van der Waals surface area contributed by atoms with Crippen molar-refractivity contribution in [2.45, 2.75) is 32.6 Å². The molecular weight excluding hydrogens is 333 g/mol. The Balaban J connectivity index is 2.08. The molecule has 1 amide bonds. The summed E-state index contributed by atoms with van der Waals surface area (Å²) in [7, 11) is 0. The van der Waals surface area contributed by atoms with Crippen molar-refractivity contribution < 1.29 is 14.7 Å². The van der Waals surface area contributed by atoms with E-state index in [1.807, 2.05) is 6.92 Å². The molecule has 0 spiro atoms. The van der Waals surface area contributed by atoms with Crippen LogP contribution in [0, 0.1) is 5.41 Å². The molecule has 1 saturated heterocycles. The first-order valence-corrected chi connectivity index (χ1v) is 8.44. The zero-order valence-electron chi connectivity index (χ0n) is 11.7. The van der Waals surface area contributed by atoms with E-state index in [2.05, 4.69) is 0 Å². The normalized spacial score (nSPS) is 17.8. The quantitative estimate of drug-likeness (QED) is 0.887. The third-order valence-corrected chi connectivity index (χ3v) is 5.56. The molecule has 1 aromatic heterocycles. The van der Waals surface area contributed by atoms with Gasteiger partial charge < -0.3 is 10.0 Å². The monoisotopic (exact) mass is 349 g/mol. The first-order valence-electron chi connectivity index (χ1n) is 6.87. The number of carbonyl (C=O) groups excluding carboxylic acids is 1. The number of carboxylic acids is 1. The molecule has 1 aromatic rings. The van der Waals surface area contributed by atoms with Gasteiger partial charge in [0, 0.05) is 13.1 Å². The van der Waals surface area contributed by atoms with Crippen molar-refractivity contribution in [1.82, 2.24) is 4.90 Å². The van der Waals surface area contributed by atoms with E-state index < -0.39 is 11.4 Å². The Morgan fingerprint density at radius 3 is 2.43 bits per heavy atom. The lowest BCUT2D eigenvalue weighted by atomic mass is 9.75. The first kappa shape index (κ1) is 16.6. The fraction of sp³-hybridized carbons (Fsp3) is 0.571. The molecule has 1 fully saturated rings. The molecule has 116 valence electrons. The molecular formula is C14H17Cl2NO3S. The van der Waals surface area contributed by atoms with Crippen molar-refractivity contribution in [3.63, 3.8) is 0 Å². The van der Waals surface area contributed by atoms with E-state index in [1.54, 1.807) is 11.0 Å². The number of thiophene rings is 1. The van der Waals surface area contributed by atoms with Crippen LogP contribution in [0.15, 0.2) is 6.07 Å². The number of rotatable bonds is 4. The summed E-state index contributed by atoms with van der Waals surface area (Å²) in [6.45, 7) is 2.86. The Morgan fingerprint density at radius 1 is 1.38 bits per heavy atom. The molecule has 0 atom stereocenters. The third kappa shape index (κ3) is 3.35. The van der Waals surface area contributed by atoms with Gasteiger partial charge in [-0.25, -0.2) is 0 Å². The maximum absolute atomic E-state index is 12.4. The van der Waals surface area contributed by atoms with Crippen LogP contribution in [0.3, 0.4) is 0 Å². The largest absolute Gasteiger partial charge is 0.481 e. The van der Waals surface area contributed by atoms with Gasteiger partial charge in [0.2, 0.25) is 0 Å². The summed E-state index contributed by atoms with van der Waals surface area (Å²) < 4.78 is 0.861. The van der Waals surface area contributed by atoms with E-state index in [4.69, 9.17) is 23.2 Å². The fourth-order valence-corrected chi connectivity index (χ4v) is 4.29. The lowest BCUT2D eigenvalue weighted by molar-refractivity contribution is -0.152. The summed E-state index contributed by atoms with van der Waals surface area (Å²) in [6.07, 6.45) is 2.44. The first-order chi connectivity index (χ1) is 9.89. The summed E-state index contributed by atoms with van der Waals surface area (Å²) in [6, 6.07) is 1.57. The van der Waals surface area contributed by atoms with Crippen LogP contribution >= 0.6 is 34.5 Å². The smallest absolute Gasteiger partial charge is 0.309 e. The van der Waals surface area contributed by atoms with Crippen molar-refractivity contribution in [2.75, 3.05) is 13.1 Å². The highest BCUT2D eigenvalue weighted by atomic mass is 35.5.